The van der Waals surface area contributed by atoms with Gasteiger partial charge in [-0.3, -0.25) is 9.69 Å². The Morgan fingerprint density at radius 3 is 1.93 bits per heavy atom. The lowest BCUT2D eigenvalue weighted by molar-refractivity contribution is -0.204. The van der Waals surface area contributed by atoms with Gasteiger partial charge in [0.25, 0.3) is 5.91 Å². The molecule has 0 radical (unpaired) electrons. The Labute approximate surface area is 264 Å². The molecule has 2 aromatic rings. The van der Waals surface area contributed by atoms with Crippen molar-refractivity contribution in [3.63, 3.8) is 0 Å². The minimum atomic E-state index is -0.759. The summed E-state index contributed by atoms with van der Waals surface area (Å²) >= 11 is 0. The molecule has 2 spiro atoms. The van der Waals surface area contributed by atoms with Gasteiger partial charge in [0.15, 0.2) is 17.7 Å². The number of cyclic esters (lactones) is 1. The predicted molar refractivity (Wildman–Crippen MR) is 166 cm³/mol. The van der Waals surface area contributed by atoms with Crippen molar-refractivity contribution in [3.8, 4) is 0 Å². The predicted octanol–water partition coefficient (Wildman–Crippen LogP) is 5.82. The van der Waals surface area contributed by atoms with Gasteiger partial charge < -0.3 is 28.6 Å². The van der Waals surface area contributed by atoms with Crippen LogP contribution in [0.1, 0.15) is 69.8 Å². The molecule has 2 saturated carbocycles. The molecule has 6 fully saturated rings. The van der Waals surface area contributed by atoms with Gasteiger partial charge in [-0.15, -0.1) is 0 Å². The van der Waals surface area contributed by atoms with E-state index in [-0.39, 0.29) is 5.91 Å². The number of ether oxygens (including phenoxy) is 5. The van der Waals surface area contributed by atoms with Crippen molar-refractivity contribution in [1.29, 1.82) is 0 Å². The highest BCUT2D eigenvalue weighted by Gasteiger charge is 2.64. The van der Waals surface area contributed by atoms with Crippen molar-refractivity contribution in [2.24, 2.45) is 0 Å². The van der Waals surface area contributed by atoms with Crippen LogP contribution in [0.15, 0.2) is 66.7 Å². The van der Waals surface area contributed by atoms with Crippen molar-refractivity contribution in [1.82, 2.24) is 4.90 Å². The molecule has 2 unspecified atom stereocenters. The van der Waals surface area contributed by atoms with Crippen molar-refractivity contribution < 1.29 is 33.3 Å². The van der Waals surface area contributed by atoms with Gasteiger partial charge in [0.2, 0.25) is 0 Å². The van der Waals surface area contributed by atoms with Crippen LogP contribution >= 0.6 is 0 Å². The molecule has 2 aromatic carbocycles. The molecule has 0 N–H and O–H groups in total. The average Bonchev–Trinajstić information content (AvgIpc) is 3.76. The molecular formula is C36H42N2O7. The fourth-order valence-corrected chi connectivity index (χ4v) is 8.34. The van der Waals surface area contributed by atoms with Gasteiger partial charge in [0.1, 0.15) is 24.3 Å². The average molecular weight is 615 g/mol. The van der Waals surface area contributed by atoms with Gasteiger partial charge in [-0.1, -0.05) is 73.5 Å². The van der Waals surface area contributed by atoms with E-state index in [2.05, 4.69) is 0 Å². The lowest BCUT2D eigenvalue weighted by atomic mass is 9.88. The third-order valence-corrected chi connectivity index (χ3v) is 10.6. The third-order valence-electron chi connectivity index (χ3n) is 10.6. The zero-order valence-corrected chi connectivity index (χ0v) is 25.6. The van der Waals surface area contributed by atoms with Gasteiger partial charge in [0, 0.05) is 31.4 Å². The molecule has 2 amide bonds. The largest absolute Gasteiger partial charge is 0.441 e. The summed E-state index contributed by atoms with van der Waals surface area (Å²) in [5.41, 5.74) is 1.80. The number of hydrogen-bond donors (Lipinski definition) is 0. The first-order valence-electron chi connectivity index (χ1n) is 16.8. The summed E-state index contributed by atoms with van der Waals surface area (Å²) in [6, 6.07) is 17.9. The zero-order valence-electron chi connectivity index (χ0n) is 25.6. The topological polar surface area (TPSA) is 86.8 Å². The molecule has 2 aliphatic carbocycles. The first-order chi connectivity index (χ1) is 22.0. The van der Waals surface area contributed by atoms with Crippen LogP contribution in [0.3, 0.4) is 0 Å². The molecule has 9 heteroatoms. The highest BCUT2D eigenvalue weighted by molar-refractivity contribution is 6.08. The van der Waals surface area contributed by atoms with Crippen LogP contribution in [0.2, 0.25) is 0 Å². The molecule has 4 aliphatic heterocycles. The summed E-state index contributed by atoms with van der Waals surface area (Å²) in [4.78, 5) is 31.6. The van der Waals surface area contributed by atoms with Crippen LogP contribution in [0, 0.1) is 0 Å². The van der Waals surface area contributed by atoms with Gasteiger partial charge in [0.05, 0.1) is 19.3 Å². The Morgan fingerprint density at radius 1 is 0.711 bits per heavy atom. The van der Waals surface area contributed by atoms with Crippen LogP contribution in [0.4, 0.5) is 10.5 Å². The number of amides is 2. The summed E-state index contributed by atoms with van der Waals surface area (Å²) in [5.74, 6) is -1.41. The Balaban J connectivity index is 1.13. The Kier molecular flexibility index (Phi) is 7.68. The Hall–Kier alpha value is -3.24. The zero-order chi connectivity index (χ0) is 30.4. The number of β-lactam (4-membered cyclic amide) rings is 1. The second-order valence-electron chi connectivity index (χ2n) is 13.4. The van der Waals surface area contributed by atoms with Crippen LogP contribution in [-0.2, 0) is 28.5 Å². The van der Waals surface area contributed by atoms with E-state index in [9.17, 15) is 9.59 Å². The quantitative estimate of drug-likeness (QED) is 0.379. The van der Waals surface area contributed by atoms with E-state index in [0.717, 1.165) is 69.0 Å². The van der Waals surface area contributed by atoms with Crippen LogP contribution in [-0.4, -0.2) is 78.1 Å². The number of carbonyl (C=O) groups is 2. The van der Waals surface area contributed by atoms with Crippen LogP contribution < -0.4 is 4.90 Å². The van der Waals surface area contributed by atoms with E-state index in [1.54, 1.807) is 9.80 Å². The lowest BCUT2D eigenvalue weighted by Crippen LogP contribution is -2.73. The van der Waals surface area contributed by atoms with Gasteiger partial charge in [-0.2, -0.15) is 0 Å². The van der Waals surface area contributed by atoms with Crippen molar-refractivity contribution in [3.05, 3.63) is 72.3 Å². The third kappa shape index (κ3) is 5.27. The number of rotatable bonds is 6. The minimum Gasteiger partial charge on any atom is -0.441 e. The molecule has 9 nitrogen and oxygen atoms in total. The van der Waals surface area contributed by atoms with Crippen molar-refractivity contribution >= 4 is 23.8 Å². The summed E-state index contributed by atoms with van der Waals surface area (Å²) in [6.07, 6.45) is 11.8. The molecular weight excluding hydrogens is 572 g/mol. The second-order valence-corrected chi connectivity index (χ2v) is 13.4. The molecule has 45 heavy (non-hydrogen) atoms. The van der Waals surface area contributed by atoms with Crippen LogP contribution in [0.25, 0.3) is 6.08 Å². The molecule has 6 atom stereocenters. The number of benzene rings is 2. The summed E-state index contributed by atoms with van der Waals surface area (Å²) in [7, 11) is 0. The fourth-order valence-electron chi connectivity index (χ4n) is 8.34. The maximum absolute atomic E-state index is 14.2. The van der Waals surface area contributed by atoms with E-state index in [1.165, 1.54) is 6.42 Å². The minimum absolute atomic E-state index is 0.148. The van der Waals surface area contributed by atoms with Gasteiger partial charge in [-0.25, -0.2) is 4.79 Å². The SMILES string of the molecule is O=C1[C@@H](N2C(=O)O[C@@H](C3COC4(CCCCC4)O3)[C@@H]2C2COC3(CCCCC3)O2)[C@@H](/C=C/c2ccccc2)N1c1ccccc1. The van der Waals surface area contributed by atoms with Crippen LogP contribution in [0.5, 0.6) is 0 Å². The van der Waals surface area contributed by atoms with Gasteiger partial charge >= 0.3 is 6.09 Å². The van der Waals surface area contributed by atoms with E-state index < -0.39 is 54.1 Å². The molecule has 8 rings (SSSR count). The number of nitrogens with zero attached hydrogens (tertiary/aromatic N) is 2. The fraction of sp³-hybridized carbons (Fsp3) is 0.556. The molecule has 4 saturated heterocycles. The standard InChI is InChI=1S/C36H42N2O7/c39-33-30(27(18-17-25-13-5-1-6-14-25)37(33)26-15-7-2-8-16-26)38-31(28-23-41-35(44-28)19-9-3-10-20-35)32(43-34(38)40)29-24-42-36(45-29)21-11-4-12-22-36/h1-2,5-8,13-18,27-32H,3-4,9-12,19-24H2/b18-17+/t27-,28?,29?,30+,31+,32+/m1/s1. The Bertz CT molecular complexity index is 1400. The summed E-state index contributed by atoms with van der Waals surface area (Å²) in [6.45, 7) is 0.675. The Morgan fingerprint density at radius 2 is 1.29 bits per heavy atom. The van der Waals surface area contributed by atoms with E-state index in [1.807, 2.05) is 72.8 Å². The molecule has 0 bridgehead atoms. The summed E-state index contributed by atoms with van der Waals surface area (Å²) < 4.78 is 32.3. The van der Waals surface area contributed by atoms with E-state index >= 15 is 0 Å². The number of para-hydroxylation sites is 1. The van der Waals surface area contributed by atoms with Crippen molar-refractivity contribution in [2.75, 3.05) is 18.1 Å². The highest BCUT2D eigenvalue weighted by atomic mass is 16.8. The van der Waals surface area contributed by atoms with E-state index in [0.29, 0.717) is 13.2 Å². The smallest absolute Gasteiger partial charge is 0.411 e. The lowest BCUT2D eigenvalue weighted by Gasteiger charge is -2.50. The summed E-state index contributed by atoms with van der Waals surface area (Å²) in [5, 5.41) is 0. The normalized spacial score (nSPS) is 34.1. The molecule has 4 heterocycles. The first-order valence-corrected chi connectivity index (χ1v) is 16.8. The monoisotopic (exact) mass is 614 g/mol. The van der Waals surface area contributed by atoms with E-state index in [4.69, 9.17) is 23.7 Å². The second kappa shape index (κ2) is 11.8. The molecule has 0 aromatic heterocycles. The molecule has 238 valence electrons. The van der Waals surface area contributed by atoms with Crippen molar-refractivity contribution in [2.45, 2.75) is 112 Å². The van der Waals surface area contributed by atoms with Gasteiger partial charge in [-0.05, 0) is 43.4 Å². The molecule has 6 aliphatic rings. The maximum atomic E-state index is 14.2. The first kappa shape index (κ1) is 29.2. The number of hydrogen-bond acceptors (Lipinski definition) is 7. The highest BCUT2D eigenvalue weighted by Crippen LogP contribution is 2.46. The number of carbonyl (C=O) groups excluding carboxylic acids is 2. The number of anilines is 1. The maximum Gasteiger partial charge on any atom is 0.411 e.